The topological polar surface area (TPSA) is 52.1 Å². The quantitative estimate of drug-likeness (QED) is 0.227. The Bertz CT molecular complexity index is 545. The summed E-state index contributed by atoms with van der Waals surface area (Å²) in [4.78, 5) is 10.9. The molecule has 3 heterocycles. The van der Waals surface area contributed by atoms with Crippen molar-refractivity contribution < 1.29 is 4.74 Å². The number of likely N-dealkylation sites (tertiary alicyclic amines) is 1. The first-order valence-corrected chi connectivity index (χ1v) is 11.3. The Morgan fingerprint density at radius 1 is 1.18 bits per heavy atom. The molecule has 0 aliphatic carbocycles. The molecule has 0 bridgehead atoms. The molecule has 6 nitrogen and oxygen atoms in total. The molecule has 0 spiro atoms. The molecule has 1 aromatic rings. The summed E-state index contributed by atoms with van der Waals surface area (Å²) in [6.07, 6.45) is 5.21. The van der Waals surface area contributed by atoms with Gasteiger partial charge in [-0.25, -0.2) is 0 Å². The first-order valence-electron chi connectivity index (χ1n) is 10.4. The smallest absolute Gasteiger partial charge is 0.191 e. The molecule has 1 aromatic heterocycles. The molecule has 8 heteroatoms. The van der Waals surface area contributed by atoms with Crippen molar-refractivity contribution in [1.82, 2.24) is 20.4 Å². The lowest BCUT2D eigenvalue weighted by Crippen LogP contribution is -2.46. The highest BCUT2D eigenvalue weighted by molar-refractivity contribution is 14.0. The van der Waals surface area contributed by atoms with Gasteiger partial charge in [-0.2, -0.15) is 0 Å². The summed E-state index contributed by atoms with van der Waals surface area (Å²) in [5.74, 6) is 0.908. The summed E-state index contributed by atoms with van der Waals surface area (Å²) >= 11 is 1.83. The Labute approximate surface area is 191 Å². The summed E-state index contributed by atoms with van der Waals surface area (Å²) in [5.41, 5.74) is 0. The molecule has 2 fully saturated rings. The lowest BCUT2D eigenvalue weighted by Gasteiger charge is -2.34. The maximum Gasteiger partial charge on any atom is 0.191 e. The average molecular weight is 522 g/mol. The number of nitrogens with zero attached hydrogens (tertiary/aromatic N) is 3. The van der Waals surface area contributed by atoms with Crippen LogP contribution in [0, 0.1) is 0 Å². The van der Waals surface area contributed by atoms with Gasteiger partial charge in [0.05, 0.1) is 19.3 Å². The van der Waals surface area contributed by atoms with Crippen LogP contribution >= 0.6 is 35.3 Å². The van der Waals surface area contributed by atoms with Crippen molar-refractivity contribution in [3.63, 3.8) is 0 Å². The second-order valence-electron chi connectivity index (χ2n) is 7.32. The van der Waals surface area contributed by atoms with Crippen LogP contribution in [0.5, 0.6) is 0 Å². The van der Waals surface area contributed by atoms with Crippen LogP contribution < -0.4 is 10.6 Å². The van der Waals surface area contributed by atoms with E-state index in [1.165, 1.54) is 50.2 Å². The van der Waals surface area contributed by atoms with Crippen LogP contribution in [0.1, 0.15) is 36.6 Å². The van der Waals surface area contributed by atoms with Gasteiger partial charge in [-0.3, -0.25) is 9.89 Å². The van der Waals surface area contributed by atoms with Crippen LogP contribution in [-0.4, -0.2) is 81.8 Å². The fourth-order valence-electron chi connectivity index (χ4n) is 3.87. The maximum atomic E-state index is 5.53. The van der Waals surface area contributed by atoms with Crippen molar-refractivity contribution in [2.24, 2.45) is 4.99 Å². The molecule has 28 heavy (non-hydrogen) atoms. The van der Waals surface area contributed by atoms with Crippen LogP contribution in [0.25, 0.3) is 0 Å². The summed E-state index contributed by atoms with van der Waals surface area (Å²) in [5, 5.41) is 9.18. The normalized spacial score (nSPS) is 20.0. The van der Waals surface area contributed by atoms with Gasteiger partial charge in [-0.05, 0) is 56.8 Å². The van der Waals surface area contributed by atoms with Gasteiger partial charge >= 0.3 is 0 Å². The number of guanidine groups is 1. The fraction of sp³-hybridized carbons (Fsp3) is 0.750. The molecule has 2 aliphatic rings. The first-order chi connectivity index (χ1) is 13.4. The Hall–Kier alpha value is -0.420. The van der Waals surface area contributed by atoms with Crippen molar-refractivity contribution in [2.75, 3.05) is 66.1 Å². The number of hydrogen-bond donors (Lipinski definition) is 2. The van der Waals surface area contributed by atoms with E-state index in [0.29, 0.717) is 6.04 Å². The largest absolute Gasteiger partial charge is 0.379 e. The van der Waals surface area contributed by atoms with E-state index in [9.17, 15) is 0 Å². The van der Waals surface area contributed by atoms with E-state index >= 15 is 0 Å². The predicted molar refractivity (Wildman–Crippen MR) is 129 cm³/mol. The Balaban J connectivity index is 0.00000280. The van der Waals surface area contributed by atoms with E-state index in [-0.39, 0.29) is 24.0 Å². The second-order valence-corrected chi connectivity index (χ2v) is 8.29. The van der Waals surface area contributed by atoms with Crippen LogP contribution in [0.15, 0.2) is 22.5 Å². The zero-order valence-electron chi connectivity index (χ0n) is 17.1. The minimum atomic E-state index is 0. The van der Waals surface area contributed by atoms with Crippen LogP contribution in [0.2, 0.25) is 0 Å². The molecule has 0 aromatic carbocycles. The van der Waals surface area contributed by atoms with Crippen molar-refractivity contribution in [3.05, 3.63) is 22.4 Å². The second kappa shape index (κ2) is 13.7. The Morgan fingerprint density at radius 2 is 1.96 bits per heavy atom. The number of rotatable bonds is 9. The van der Waals surface area contributed by atoms with Crippen LogP contribution in [0.3, 0.4) is 0 Å². The number of hydrogen-bond acceptors (Lipinski definition) is 5. The average Bonchev–Trinajstić information content (AvgIpc) is 3.41. The standard InChI is InChI=1S/C20H35N5OS.HI/c1-21-20(22-8-2-3-9-24-10-4-5-11-24)23-17-18(19-7-6-16-27-19)25-12-14-26-15-13-25;/h6-7,16,18H,2-5,8-15,17H2,1H3,(H2,21,22,23);1H. The van der Waals surface area contributed by atoms with Gasteiger partial charge in [0, 0.05) is 38.1 Å². The van der Waals surface area contributed by atoms with E-state index < -0.39 is 0 Å². The number of nitrogens with one attached hydrogen (secondary N) is 2. The predicted octanol–water partition coefficient (Wildman–Crippen LogP) is 2.78. The highest BCUT2D eigenvalue weighted by Crippen LogP contribution is 2.25. The molecule has 160 valence electrons. The van der Waals surface area contributed by atoms with Crippen LogP contribution in [-0.2, 0) is 4.74 Å². The monoisotopic (exact) mass is 521 g/mol. The number of unbranched alkanes of at least 4 members (excludes halogenated alkanes) is 1. The third-order valence-corrected chi connectivity index (χ3v) is 6.41. The van der Waals surface area contributed by atoms with Crippen molar-refractivity contribution in [3.8, 4) is 0 Å². The fourth-order valence-corrected chi connectivity index (χ4v) is 4.73. The van der Waals surface area contributed by atoms with Crippen molar-refractivity contribution >= 4 is 41.3 Å². The minimum Gasteiger partial charge on any atom is -0.379 e. The third kappa shape index (κ3) is 7.78. The van der Waals surface area contributed by atoms with Gasteiger partial charge in [0.2, 0.25) is 0 Å². The third-order valence-electron chi connectivity index (χ3n) is 5.44. The Morgan fingerprint density at radius 3 is 2.64 bits per heavy atom. The van der Waals surface area contributed by atoms with Crippen LogP contribution in [0.4, 0.5) is 0 Å². The van der Waals surface area contributed by atoms with Crippen molar-refractivity contribution in [2.45, 2.75) is 31.7 Å². The van der Waals surface area contributed by atoms with Gasteiger partial charge in [0.1, 0.15) is 0 Å². The van der Waals surface area contributed by atoms with Gasteiger partial charge < -0.3 is 20.3 Å². The SMILES string of the molecule is CN=C(NCCCCN1CCCC1)NCC(c1cccs1)N1CCOCC1.I. The molecule has 2 saturated heterocycles. The molecule has 1 atom stereocenters. The highest BCUT2D eigenvalue weighted by atomic mass is 127. The van der Waals surface area contributed by atoms with Crippen molar-refractivity contribution in [1.29, 1.82) is 0 Å². The lowest BCUT2D eigenvalue weighted by atomic mass is 10.2. The summed E-state index contributed by atoms with van der Waals surface area (Å²) in [7, 11) is 1.86. The Kier molecular flexibility index (Phi) is 11.7. The van der Waals surface area contributed by atoms with Gasteiger partial charge in [-0.1, -0.05) is 6.07 Å². The molecule has 0 saturated carbocycles. The number of thiophene rings is 1. The molecular formula is C20H36IN5OS. The molecule has 0 radical (unpaired) electrons. The number of ether oxygens (including phenoxy) is 1. The highest BCUT2D eigenvalue weighted by Gasteiger charge is 2.23. The molecule has 2 aliphatic heterocycles. The van der Waals surface area contributed by atoms with Gasteiger partial charge in [0.25, 0.3) is 0 Å². The van der Waals surface area contributed by atoms with E-state index in [1.807, 2.05) is 18.4 Å². The van der Waals surface area contributed by atoms with E-state index in [1.54, 1.807) is 0 Å². The molecule has 1 unspecified atom stereocenters. The summed E-state index contributed by atoms with van der Waals surface area (Å²) in [6, 6.07) is 4.75. The van der Waals surface area contributed by atoms with Gasteiger partial charge in [-0.15, -0.1) is 35.3 Å². The molecule has 0 amide bonds. The lowest BCUT2D eigenvalue weighted by molar-refractivity contribution is 0.0177. The minimum absolute atomic E-state index is 0. The first kappa shape index (κ1) is 23.9. The zero-order chi connectivity index (χ0) is 18.7. The molecular weight excluding hydrogens is 485 g/mol. The van der Waals surface area contributed by atoms with E-state index in [0.717, 1.165) is 45.4 Å². The summed E-state index contributed by atoms with van der Waals surface area (Å²) < 4.78 is 5.53. The summed E-state index contributed by atoms with van der Waals surface area (Å²) in [6.45, 7) is 9.32. The number of morpholine rings is 1. The molecule has 2 N–H and O–H groups in total. The molecule has 3 rings (SSSR count). The zero-order valence-corrected chi connectivity index (χ0v) is 20.2. The number of halogens is 1. The van der Waals surface area contributed by atoms with E-state index in [2.05, 4.69) is 42.9 Å². The van der Waals surface area contributed by atoms with E-state index in [4.69, 9.17) is 4.74 Å². The van der Waals surface area contributed by atoms with Gasteiger partial charge in [0.15, 0.2) is 5.96 Å². The maximum absolute atomic E-state index is 5.53. The number of aliphatic imine (C=N–C) groups is 1.